The van der Waals surface area contributed by atoms with E-state index in [1.54, 1.807) is 20.8 Å². The average Bonchev–Trinajstić information content (AvgIpc) is 1.66. The molecule has 0 radical (unpaired) electrons. The summed E-state index contributed by atoms with van der Waals surface area (Å²) in [5, 5.41) is 195. The third-order valence-electron chi connectivity index (χ3n) is 23.3. The van der Waals surface area contributed by atoms with Crippen LogP contribution in [0.3, 0.4) is 0 Å². The zero-order valence-corrected chi connectivity index (χ0v) is 52.4. The molecular formula is C61H104O28. The molecule has 28 nitrogen and oxygen atoms in total. The van der Waals surface area contributed by atoms with E-state index in [2.05, 4.69) is 47.6 Å². The lowest BCUT2D eigenvalue weighted by Gasteiger charge is -2.67. The summed E-state index contributed by atoms with van der Waals surface area (Å²) in [6.45, 7) is 14.4. The quantitative estimate of drug-likeness (QED) is 0.0515. The minimum atomic E-state index is -2.04. The number of aliphatic hydroxyl groups excluding tert-OH is 17. The molecule has 5 saturated heterocycles. The number of hydrogen-bond acceptors (Lipinski definition) is 28. The Bertz CT molecular complexity index is 2340. The molecule has 89 heavy (non-hydrogen) atoms. The predicted octanol–water partition coefficient (Wildman–Crippen LogP) is -4.13. The van der Waals surface area contributed by atoms with Gasteiger partial charge >= 0.3 is 0 Å². The number of aliphatic hydroxyl groups is 18. The van der Waals surface area contributed by atoms with Crippen LogP contribution in [0.2, 0.25) is 0 Å². The summed E-state index contributed by atoms with van der Waals surface area (Å²) in [5.41, 5.74) is -2.18. The van der Waals surface area contributed by atoms with Crippen molar-refractivity contribution < 1.29 is 139 Å². The highest BCUT2D eigenvalue weighted by atomic mass is 16.8. The number of allylic oxidation sites excluding steroid dienone is 1. The van der Waals surface area contributed by atoms with Gasteiger partial charge in [0.15, 0.2) is 31.5 Å². The van der Waals surface area contributed by atoms with E-state index in [9.17, 15) is 91.9 Å². The van der Waals surface area contributed by atoms with Gasteiger partial charge in [-0.15, -0.1) is 0 Å². The Morgan fingerprint density at radius 2 is 1.02 bits per heavy atom. The van der Waals surface area contributed by atoms with Crippen LogP contribution in [-0.2, 0) is 47.4 Å². The molecule has 9 aliphatic rings. The Balaban J connectivity index is 0.920. The van der Waals surface area contributed by atoms with Crippen molar-refractivity contribution in [2.75, 3.05) is 33.0 Å². The number of rotatable bonds is 20. The molecule has 5 aliphatic heterocycles. The third-order valence-corrected chi connectivity index (χ3v) is 23.3. The average molecular weight is 1290 g/mol. The van der Waals surface area contributed by atoms with Gasteiger partial charge in [0, 0.05) is 16.7 Å². The topological polar surface area (TPSA) is 456 Å². The normalized spacial score (nSPS) is 51.8. The zero-order chi connectivity index (χ0) is 65.5. The molecule has 0 bridgehead atoms. The number of fused-ring (bicyclic) bond motifs is 5. The van der Waals surface area contributed by atoms with Crippen molar-refractivity contribution in [3.63, 3.8) is 0 Å². The van der Waals surface area contributed by atoms with E-state index < -0.39 is 221 Å². The highest BCUT2D eigenvalue weighted by molar-refractivity contribution is 5.32. The van der Waals surface area contributed by atoms with Crippen LogP contribution in [0.5, 0.6) is 0 Å². The van der Waals surface area contributed by atoms with Crippen molar-refractivity contribution in [2.24, 2.45) is 51.2 Å². The second-order valence-electron chi connectivity index (χ2n) is 29.0. The van der Waals surface area contributed by atoms with Gasteiger partial charge in [0.2, 0.25) is 0 Å². The third kappa shape index (κ3) is 13.0. The van der Waals surface area contributed by atoms with E-state index in [1.165, 1.54) is 0 Å². The van der Waals surface area contributed by atoms with Crippen molar-refractivity contribution in [3.8, 4) is 0 Å². The molecule has 3 unspecified atom stereocenters. The second kappa shape index (κ2) is 27.6. The molecule has 28 heteroatoms. The largest absolute Gasteiger partial charge is 0.394 e. The summed E-state index contributed by atoms with van der Waals surface area (Å²) < 4.78 is 60.5. The maximum Gasteiger partial charge on any atom is 0.187 e. The molecule has 3 saturated carbocycles. The fourth-order valence-corrected chi connectivity index (χ4v) is 17.3. The van der Waals surface area contributed by atoms with E-state index in [1.807, 2.05) is 0 Å². The fourth-order valence-electron chi connectivity index (χ4n) is 17.3. The molecule has 0 amide bonds. The molecule has 8 fully saturated rings. The molecule has 0 spiro atoms. The lowest BCUT2D eigenvalue weighted by atomic mass is 9.38. The maximum atomic E-state index is 12.8. The lowest BCUT2D eigenvalue weighted by molar-refractivity contribution is -0.388. The molecule has 4 aliphatic carbocycles. The maximum absolute atomic E-state index is 12.8. The molecule has 5 heterocycles. The van der Waals surface area contributed by atoms with E-state index in [-0.39, 0.29) is 40.9 Å². The number of hydrogen-bond donors (Lipinski definition) is 18. The van der Waals surface area contributed by atoms with Gasteiger partial charge in [-0.3, -0.25) is 0 Å². The van der Waals surface area contributed by atoms with Gasteiger partial charge in [0.05, 0.1) is 69.2 Å². The van der Waals surface area contributed by atoms with Gasteiger partial charge in [0.1, 0.15) is 104 Å². The molecule has 0 aromatic heterocycles. The van der Waals surface area contributed by atoms with Crippen LogP contribution in [-0.4, -0.2) is 296 Å². The van der Waals surface area contributed by atoms with Crippen LogP contribution in [0.15, 0.2) is 11.6 Å². The molecule has 35 atom stereocenters. The summed E-state index contributed by atoms with van der Waals surface area (Å²) in [5.74, 6) is -0.806. The van der Waals surface area contributed by atoms with Crippen LogP contribution in [0, 0.1) is 51.2 Å². The van der Waals surface area contributed by atoms with Crippen molar-refractivity contribution in [1.29, 1.82) is 0 Å². The zero-order valence-electron chi connectivity index (χ0n) is 52.4. The Kier molecular flexibility index (Phi) is 22.3. The lowest BCUT2D eigenvalue weighted by Crippen LogP contribution is -2.66. The van der Waals surface area contributed by atoms with Gasteiger partial charge in [-0.25, -0.2) is 0 Å². The van der Waals surface area contributed by atoms with Gasteiger partial charge in [0.25, 0.3) is 0 Å². The highest BCUT2D eigenvalue weighted by Crippen LogP contribution is 2.75. The monoisotopic (exact) mass is 1280 g/mol. The van der Waals surface area contributed by atoms with Gasteiger partial charge in [-0.2, -0.15) is 0 Å². The smallest absolute Gasteiger partial charge is 0.187 e. The summed E-state index contributed by atoms with van der Waals surface area (Å²) in [6, 6.07) is 0. The van der Waals surface area contributed by atoms with E-state index in [4.69, 9.17) is 47.4 Å². The summed E-state index contributed by atoms with van der Waals surface area (Å²) >= 11 is 0. The van der Waals surface area contributed by atoms with Crippen molar-refractivity contribution in [2.45, 2.75) is 285 Å². The van der Waals surface area contributed by atoms with Crippen molar-refractivity contribution in [3.05, 3.63) is 11.6 Å². The molecule has 516 valence electrons. The predicted molar refractivity (Wildman–Crippen MR) is 303 cm³/mol. The number of ether oxygens (including phenoxy) is 10. The summed E-state index contributed by atoms with van der Waals surface area (Å²) in [4.78, 5) is 0. The van der Waals surface area contributed by atoms with E-state index >= 15 is 0 Å². The van der Waals surface area contributed by atoms with Crippen molar-refractivity contribution in [1.82, 2.24) is 0 Å². The van der Waals surface area contributed by atoms with Crippen LogP contribution in [0.4, 0.5) is 0 Å². The van der Waals surface area contributed by atoms with Gasteiger partial charge in [-0.1, -0.05) is 60.1 Å². The minimum Gasteiger partial charge on any atom is -0.394 e. The van der Waals surface area contributed by atoms with Crippen LogP contribution in [0.25, 0.3) is 0 Å². The molecule has 18 N–H and O–H groups in total. The SMILES string of the molecule is C[C@H]1[C@H](O)[C@@H](O[C@H]2O[C@@H](CO)[C@H](O[C@H]3O[C@H](CO)[C@@H](O)[C@H](O)[C@H]3O)[C@@H](O)[C@@H]2O)[C@H](O[C@H](CC[C@@H](C)C2CC[C@@]3(C)C4CC=C5C(CC[C@H](O[C@@H]6O[C@H](CO)[C@@H](O)[C@H](O)[C@H]6O)C5(C)C)[C@]4(C)[C@H](O)C[C@]23C)C(C)(C)O)O[C@@H]1CO[C@H]1O[C@H](CO)[C@@H](O)[C@H](O)[C@H]1O. The standard InChI is InChI=1S/C61H104O28/c1-24(26-16-17-59(7)34-13-11-27-28(61(34,9)35(66)18-60(26,59)8)12-15-36(57(27,3)4)86-53-47(76)43(72)40(69)30(20-63)82-53)10-14-37(58(5,6)79)87-56-51(38(67)25(2)33(85-56)23-80-52-46(75)42(71)39(68)29(19-62)81-52)89-55-49(78)45(74)50(32(22-65)84-55)88-54-48(77)44(73)41(70)31(21-64)83-54/h11,24-26,28-56,62-79H,10,12-23H2,1-9H3/t24-,25-,26?,28?,29-,30-,31-,32+,33-,34?,35-,36+,37-,38+,39-,40-,41-,42+,43+,44+,45+,46-,47-,48-,49+,50+,51-,52+,53+,54-,55-,56+,59+,60-,61+/m1/s1. The molecule has 0 aromatic carbocycles. The van der Waals surface area contributed by atoms with Crippen LogP contribution < -0.4 is 0 Å². The van der Waals surface area contributed by atoms with E-state index in [0.29, 0.717) is 32.1 Å². The minimum absolute atomic E-state index is 0.0104. The molecular weight excluding hydrogens is 1180 g/mol. The first-order chi connectivity index (χ1) is 41.7. The Labute approximate surface area is 518 Å². The Morgan fingerprint density at radius 1 is 0.539 bits per heavy atom. The first-order valence-corrected chi connectivity index (χ1v) is 31.9. The second-order valence-corrected chi connectivity index (χ2v) is 29.0. The van der Waals surface area contributed by atoms with Crippen LogP contribution >= 0.6 is 0 Å². The Morgan fingerprint density at radius 3 is 1.56 bits per heavy atom. The summed E-state index contributed by atoms with van der Waals surface area (Å²) in [6.07, 6.45) is -34.1. The molecule has 0 aromatic rings. The first-order valence-electron chi connectivity index (χ1n) is 31.9. The summed E-state index contributed by atoms with van der Waals surface area (Å²) in [7, 11) is 0. The van der Waals surface area contributed by atoms with Gasteiger partial charge in [-0.05, 0) is 99.7 Å². The molecule has 9 rings (SSSR count). The van der Waals surface area contributed by atoms with Crippen molar-refractivity contribution >= 4 is 0 Å². The van der Waals surface area contributed by atoms with Gasteiger partial charge < -0.3 is 139 Å². The van der Waals surface area contributed by atoms with E-state index in [0.717, 1.165) is 18.4 Å². The Hall–Kier alpha value is -1.38. The fraction of sp³-hybridized carbons (Fsp3) is 0.967. The first kappa shape index (κ1) is 71.9. The van der Waals surface area contributed by atoms with Crippen LogP contribution in [0.1, 0.15) is 114 Å². The highest BCUT2D eigenvalue weighted by Gasteiger charge is 2.70.